The first-order valence-corrected chi connectivity index (χ1v) is 4.97. The summed E-state index contributed by atoms with van der Waals surface area (Å²) >= 11 is 0. The van der Waals surface area contributed by atoms with Gasteiger partial charge in [0, 0.05) is 28.4 Å². The van der Waals surface area contributed by atoms with Crippen LogP contribution in [0.3, 0.4) is 0 Å². The summed E-state index contributed by atoms with van der Waals surface area (Å²) in [5.41, 5.74) is 0. The van der Waals surface area contributed by atoms with Crippen LogP contribution >= 0.6 is 0 Å². The van der Waals surface area contributed by atoms with E-state index >= 15 is 0 Å². The molecule has 0 aromatic rings. The Balaban J connectivity index is 2.65. The molecule has 1 saturated heterocycles. The largest absolute Gasteiger partial charge is 0.382 e. The van der Waals surface area contributed by atoms with Gasteiger partial charge >= 0.3 is 0 Å². The van der Waals surface area contributed by atoms with Crippen molar-refractivity contribution in [2.24, 2.45) is 0 Å². The highest BCUT2D eigenvalue weighted by Gasteiger charge is 2.41. The summed E-state index contributed by atoms with van der Waals surface area (Å²) in [6.45, 7) is 0.998. The molecule has 1 aliphatic rings. The maximum Gasteiger partial charge on any atom is 0.114 e. The van der Waals surface area contributed by atoms with Crippen LogP contribution in [0.25, 0.3) is 0 Å². The molecule has 0 unspecified atom stereocenters. The second kappa shape index (κ2) is 6.40. The first-order chi connectivity index (χ1) is 7.28. The van der Waals surface area contributed by atoms with Crippen molar-refractivity contribution in [2.45, 2.75) is 24.4 Å². The van der Waals surface area contributed by atoms with Gasteiger partial charge in [0.2, 0.25) is 0 Å². The summed E-state index contributed by atoms with van der Waals surface area (Å²) in [5.74, 6) is 0. The van der Waals surface area contributed by atoms with Crippen molar-refractivity contribution in [3.63, 3.8) is 0 Å². The van der Waals surface area contributed by atoms with E-state index in [0.717, 1.165) is 0 Å². The van der Waals surface area contributed by atoms with Crippen LogP contribution in [0.1, 0.15) is 0 Å². The molecule has 5 heteroatoms. The second-order valence-electron chi connectivity index (χ2n) is 3.50. The van der Waals surface area contributed by atoms with Crippen LogP contribution in [-0.2, 0) is 23.7 Å². The molecule has 4 atom stereocenters. The predicted octanol–water partition coefficient (Wildman–Crippen LogP) is 0.0766. The maximum atomic E-state index is 5.60. The smallest absolute Gasteiger partial charge is 0.114 e. The fourth-order valence-corrected chi connectivity index (χ4v) is 1.91. The van der Waals surface area contributed by atoms with Gasteiger partial charge in [-0.3, -0.25) is 0 Å². The van der Waals surface area contributed by atoms with Crippen molar-refractivity contribution in [3.8, 4) is 0 Å². The van der Waals surface area contributed by atoms with Gasteiger partial charge in [-0.05, 0) is 0 Å². The standard InChI is InChI=1S/C10H20O5/c1-11-5-8-10(14-4)9(13-3)7(12-2)6-15-8/h7-10H,5-6H2,1-4H3/t7-,8+,9+,10-/m0/s1. The Morgan fingerprint density at radius 2 is 1.67 bits per heavy atom. The SMILES string of the molecule is COC[C@H]1OC[C@H](OC)[C@@H](OC)[C@H]1OC. The molecular weight excluding hydrogens is 200 g/mol. The highest BCUT2D eigenvalue weighted by molar-refractivity contribution is 4.89. The third kappa shape index (κ3) is 2.89. The van der Waals surface area contributed by atoms with Crippen molar-refractivity contribution in [2.75, 3.05) is 41.7 Å². The number of methoxy groups -OCH3 is 4. The van der Waals surface area contributed by atoms with Gasteiger partial charge in [-0.25, -0.2) is 0 Å². The molecule has 5 nitrogen and oxygen atoms in total. The predicted molar refractivity (Wildman–Crippen MR) is 54.0 cm³/mol. The van der Waals surface area contributed by atoms with Crippen LogP contribution in [0.4, 0.5) is 0 Å². The van der Waals surface area contributed by atoms with Crippen molar-refractivity contribution in [1.82, 2.24) is 0 Å². The Kier molecular flexibility index (Phi) is 5.49. The van der Waals surface area contributed by atoms with Gasteiger partial charge in [0.25, 0.3) is 0 Å². The molecule has 90 valence electrons. The lowest BCUT2D eigenvalue weighted by Gasteiger charge is -2.40. The number of rotatable bonds is 5. The Morgan fingerprint density at radius 1 is 1.00 bits per heavy atom. The van der Waals surface area contributed by atoms with Crippen LogP contribution in [0, 0.1) is 0 Å². The van der Waals surface area contributed by atoms with Crippen LogP contribution in [0.5, 0.6) is 0 Å². The second-order valence-corrected chi connectivity index (χ2v) is 3.50. The number of ether oxygens (including phenoxy) is 5. The lowest BCUT2D eigenvalue weighted by Crippen LogP contribution is -2.56. The van der Waals surface area contributed by atoms with E-state index in [1.54, 1.807) is 28.4 Å². The van der Waals surface area contributed by atoms with Gasteiger partial charge < -0.3 is 23.7 Å². The Morgan fingerprint density at radius 3 is 2.13 bits per heavy atom. The molecule has 1 heterocycles. The molecule has 15 heavy (non-hydrogen) atoms. The first kappa shape index (κ1) is 12.9. The first-order valence-electron chi connectivity index (χ1n) is 4.97. The van der Waals surface area contributed by atoms with Gasteiger partial charge in [0.15, 0.2) is 0 Å². The van der Waals surface area contributed by atoms with Gasteiger partial charge in [-0.1, -0.05) is 0 Å². The molecule has 0 spiro atoms. The Labute approximate surface area is 90.6 Å². The highest BCUT2D eigenvalue weighted by Crippen LogP contribution is 2.22. The van der Waals surface area contributed by atoms with Crippen LogP contribution in [-0.4, -0.2) is 66.1 Å². The molecular formula is C10H20O5. The van der Waals surface area contributed by atoms with Gasteiger partial charge in [-0.15, -0.1) is 0 Å². The van der Waals surface area contributed by atoms with E-state index in [2.05, 4.69) is 0 Å². The zero-order valence-electron chi connectivity index (χ0n) is 9.76. The molecule has 0 amide bonds. The summed E-state index contributed by atoms with van der Waals surface area (Å²) in [6.07, 6.45) is -0.466. The highest BCUT2D eigenvalue weighted by atomic mass is 16.6. The van der Waals surface area contributed by atoms with E-state index in [-0.39, 0.29) is 24.4 Å². The Hall–Kier alpha value is -0.200. The maximum absolute atomic E-state index is 5.60. The lowest BCUT2D eigenvalue weighted by molar-refractivity contribution is -0.219. The van der Waals surface area contributed by atoms with Crippen molar-refractivity contribution < 1.29 is 23.7 Å². The van der Waals surface area contributed by atoms with Gasteiger partial charge in [-0.2, -0.15) is 0 Å². The molecule has 0 saturated carbocycles. The van der Waals surface area contributed by atoms with Crippen LogP contribution in [0.2, 0.25) is 0 Å². The van der Waals surface area contributed by atoms with Crippen LogP contribution in [0.15, 0.2) is 0 Å². The number of hydrogen-bond acceptors (Lipinski definition) is 5. The molecule has 1 aliphatic heterocycles. The van der Waals surface area contributed by atoms with E-state index in [0.29, 0.717) is 13.2 Å². The summed E-state index contributed by atoms with van der Waals surface area (Å²) in [6, 6.07) is 0. The van der Waals surface area contributed by atoms with E-state index in [1.807, 2.05) is 0 Å². The van der Waals surface area contributed by atoms with Gasteiger partial charge in [0.05, 0.1) is 13.2 Å². The molecule has 0 aromatic heterocycles. The molecule has 0 aromatic carbocycles. The molecule has 1 rings (SSSR count). The minimum Gasteiger partial charge on any atom is -0.382 e. The van der Waals surface area contributed by atoms with E-state index in [9.17, 15) is 0 Å². The van der Waals surface area contributed by atoms with Crippen molar-refractivity contribution in [3.05, 3.63) is 0 Å². The number of hydrogen-bond donors (Lipinski definition) is 0. The summed E-state index contributed by atoms with van der Waals surface area (Å²) in [4.78, 5) is 0. The average Bonchev–Trinajstić information content (AvgIpc) is 2.28. The minimum absolute atomic E-state index is 0.0898. The van der Waals surface area contributed by atoms with Crippen molar-refractivity contribution >= 4 is 0 Å². The molecule has 1 fully saturated rings. The van der Waals surface area contributed by atoms with Crippen molar-refractivity contribution in [1.29, 1.82) is 0 Å². The summed E-state index contributed by atoms with van der Waals surface area (Å²) < 4.78 is 26.7. The van der Waals surface area contributed by atoms with Crippen LogP contribution < -0.4 is 0 Å². The van der Waals surface area contributed by atoms with E-state index in [1.165, 1.54) is 0 Å². The topological polar surface area (TPSA) is 46.2 Å². The van der Waals surface area contributed by atoms with E-state index < -0.39 is 0 Å². The summed E-state index contributed by atoms with van der Waals surface area (Å²) in [7, 11) is 6.57. The summed E-state index contributed by atoms with van der Waals surface area (Å²) in [5, 5.41) is 0. The third-order valence-corrected chi connectivity index (χ3v) is 2.71. The minimum atomic E-state index is -0.159. The molecule has 0 bridgehead atoms. The molecule has 0 N–H and O–H groups in total. The zero-order valence-corrected chi connectivity index (χ0v) is 9.76. The third-order valence-electron chi connectivity index (χ3n) is 2.71. The monoisotopic (exact) mass is 220 g/mol. The quantitative estimate of drug-likeness (QED) is 0.656. The van der Waals surface area contributed by atoms with Gasteiger partial charge in [0.1, 0.15) is 24.4 Å². The fourth-order valence-electron chi connectivity index (χ4n) is 1.91. The molecule has 0 radical (unpaired) electrons. The Bertz CT molecular complexity index is 175. The molecule has 0 aliphatic carbocycles. The fraction of sp³-hybridized carbons (Fsp3) is 1.00. The van der Waals surface area contributed by atoms with E-state index in [4.69, 9.17) is 23.7 Å². The normalized spacial score (nSPS) is 36.8. The zero-order chi connectivity index (χ0) is 11.3. The lowest BCUT2D eigenvalue weighted by atomic mass is 10.00. The average molecular weight is 220 g/mol.